The fraction of sp³-hybridized carbons (Fsp3) is 0.571. The molecule has 0 amide bonds. The molecule has 0 bridgehead atoms. The molecule has 1 aromatic rings. The van der Waals surface area contributed by atoms with Crippen LogP contribution < -0.4 is 0 Å². The van der Waals surface area contributed by atoms with E-state index in [-0.39, 0.29) is 11.8 Å². The summed E-state index contributed by atoms with van der Waals surface area (Å²) in [6.45, 7) is 4.03. The quantitative estimate of drug-likeness (QED) is 0.872. The number of pyridine rings is 1. The molecular formula is C14H19NO2. The van der Waals surface area contributed by atoms with Crippen molar-refractivity contribution in [3.8, 4) is 0 Å². The van der Waals surface area contributed by atoms with Crippen molar-refractivity contribution in [2.75, 3.05) is 0 Å². The zero-order valence-electron chi connectivity index (χ0n) is 10.4. The third-order valence-electron chi connectivity index (χ3n) is 4.22. The largest absolute Gasteiger partial charge is 0.481 e. The lowest BCUT2D eigenvalue weighted by Gasteiger charge is -2.35. The molecule has 92 valence electrons. The summed E-state index contributed by atoms with van der Waals surface area (Å²) in [4.78, 5) is 15.8. The number of carbonyl (C=O) groups is 1. The maximum atomic E-state index is 11.7. The number of carboxylic acids is 1. The summed E-state index contributed by atoms with van der Waals surface area (Å²) in [5.41, 5.74) is 0.462. The molecule has 1 saturated carbocycles. The third-order valence-corrected chi connectivity index (χ3v) is 4.22. The number of aromatic nitrogens is 1. The van der Waals surface area contributed by atoms with E-state index in [9.17, 15) is 9.90 Å². The second-order valence-corrected chi connectivity index (χ2v) is 5.23. The van der Waals surface area contributed by atoms with E-state index in [2.05, 4.69) is 4.98 Å². The van der Waals surface area contributed by atoms with Gasteiger partial charge in [-0.1, -0.05) is 26.3 Å². The molecule has 17 heavy (non-hydrogen) atoms. The van der Waals surface area contributed by atoms with E-state index in [1.165, 1.54) is 0 Å². The van der Waals surface area contributed by atoms with Crippen LogP contribution in [0.25, 0.3) is 0 Å². The van der Waals surface area contributed by atoms with Crippen LogP contribution in [-0.2, 0) is 4.79 Å². The van der Waals surface area contributed by atoms with E-state index >= 15 is 0 Å². The fourth-order valence-electron chi connectivity index (χ4n) is 3.27. The van der Waals surface area contributed by atoms with Gasteiger partial charge in [0.05, 0.1) is 5.41 Å². The summed E-state index contributed by atoms with van der Waals surface area (Å²) < 4.78 is 0. The fourth-order valence-corrected chi connectivity index (χ4v) is 3.27. The van der Waals surface area contributed by atoms with Crippen LogP contribution in [0.3, 0.4) is 0 Å². The first-order valence-corrected chi connectivity index (χ1v) is 6.22. The number of nitrogens with zero attached hydrogens (tertiary/aromatic N) is 1. The van der Waals surface area contributed by atoms with Crippen molar-refractivity contribution in [2.45, 2.75) is 39.0 Å². The zero-order valence-corrected chi connectivity index (χ0v) is 10.4. The standard InChI is InChI=1S/C14H19NO2/c1-10(2)14(13(16)17)7-3-6-12(14)11-5-4-8-15-9-11/h4-5,8-10,12H,3,6-7H2,1-2H3,(H,16,17). The van der Waals surface area contributed by atoms with Crippen molar-refractivity contribution in [2.24, 2.45) is 11.3 Å². The van der Waals surface area contributed by atoms with Crippen LogP contribution in [-0.4, -0.2) is 16.1 Å². The SMILES string of the molecule is CC(C)C1(C(=O)O)CCCC1c1cccnc1. The summed E-state index contributed by atoms with van der Waals surface area (Å²) in [7, 11) is 0. The highest BCUT2D eigenvalue weighted by molar-refractivity contribution is 5.77. The number of hydrogen-bond acceptors (Lipinski definition) is 2. The molecule has 2 unspecified atom stereocenters. The number of carboxylic acid groups (broad SMARTS) is 1. The molecule has 0 saturated heterocycles. The lowest BCUT2D eigenvalue weighted by Crippen LogP contribution is -2.38. The van der Waals surface area contributed by atoms with Gasteiger partial charge in [-0.3, -0.25) is 9.78 Å². The Labute approximate surface area is 102 Å². The molecule has 1 aliphatic carbocycles. The lowest BCUT2D eigenvalue weighted by atomic mass is 9.67. The minimum absolute atomic E-state index is 0.105. The molecule has 0 spiro atoms. The van der Waals surface area contributed by atoms with Gasteiger partial charge in [-0.05, 0) is 30.4 Å². The highest BCUT2D eigenvalue weighted by Crippen LogP contribution is 2.53. The Balaban J connectivity index is 2.43. The topological polar surface area (TPSA) is 50.2 Å². The van der Waals surface area contributed by atoms with E-state index in [0.717, 1.165) is 24.8 Å². The van der Waals surface area contributed by atoms with E-state index in [4.69, 9.17) is 0 Å². The lowest BCUT2D eigenvalue weighted by molar-refractivity contribution is -0.152. The summed E-state index contributed by atoms with van der Waals surface area (Å²) in [5, 5.41) is 9.65. The van der Waals surface area contributed by atoms with E-state index < -0.39 is 11.4 Å². The molecule has 0 aliphatic heterocycles. The van der Waals surface area contributed by atoms with Gasteiger partial charge in [0.15, 0.2) is 0 Å². The minimum Gasteiger partial charge on any atom is -0.481 e. The average Bonchev–Trinajstić information content (AvgIpc) is 2.75. The molecule has 1 heterocycles. The Bertz CT molecular complexity index is 402. The van der Waals surface area contributed by atoms with E-state index in [1.54, 1.807) is 6.20 Å². The molecule has 1 N–H and O–H groups in total. The van der Waals surface area contributed by atoms with Gasteiger partial charge < -0.3 is 5.11 Å². The van der Waals surface area contributed by atoms with Crippen LogP contribution in [0.15, 0.2) is 24.5 Å². The summed E-state index contributed by atoms with van der Waals surface area (Å²) in [6.07, 6.45) is 6.27. The average molecular weight is 233 g/mol. The second-order valence-electron chi connectivity index (χ2n) is 5.23. The molecule has 3 nitrogen and oxygen atoms in total. The highest BCUT2D eigenvalue weighted by atomic mass is 16.4. The van der Waals surface area contributed by atoms with Gasteiger partial charge in [-0.25, -0.2) is 0 Å². The molecule has 2 rings (SSSR count). The van der Waals surface area contributed by atoms with Crippen LogP contribution in [0.1, 0.15) is 44.6 Å². The summed E-state index contributed by atoms with van der Waals surface area (Å²) in [5.74, 6) is -0.403. The highest BCUT2D eigenvalue weighted by Gasteiger charge is 2.51. The number of aliphatic carboxylic acids is 1. The summed E-state index contributed by atoms with van der Waals surface area (Å²) in [6, 6.07) is 3.89. The van der Waals surface area contributed by atoms with Gasteiger partial charge >= 0.3 is 5.97 Å². The van der Waals surface area contributed by atoms with Gasteiger partial charge in [0.2, 0.25) is 0 Å². The van der Waals surface area contributed by atoms with Crippen LogP contribution in [0.5, 0.6) is 0 Å². The smallest absolute Gasteiger partial charge is 0.310 e. The predicted octanol–water partition coefficient (Wildman–Crippen LogP) is 3.08. The molecule has 1 fully saturated rings. The molecule has 2 atom stereocenters. The predicted molar refractivity (Wildman–Crippen MR) is 65.7 cm³/mol. The van der Waals surface area contributed by atoms with Crippen LogP contribution in [0, 0.1) is 11.3 Å². The Kier molecular flexibility index (Phi) is 3.18. The normalized spacial score (nSPS) is 28.5. The Morgan fingerprint density at radius 2 is 2.35 bits per heavy atom. The zero-order chi connectivity index (χ0) is 12.5. The first-order valence-electron chi connectivity index (χ1n) is 6.22. The van der Waals surface area contributed by atoms with Gasteiger partial charge in [-0.15, -0.1) is 0 Å². The van der Waals surface area contributed by atoms with Crippen LogP contribution >= 0.6 is 0 Å². The third kappa shape index (κ3) is 1.84. The van der Waals surface area contributed by atoms with Crippen molar-refractivity contribution >= 4 is 5.97 Å². The molecule has 3 heteroatoms. The molecule has 0 radical (unpaired) electrons. The van der Waals surface area contributed by atoms with Crippen LogP contribution in [0.4, 0.5) is 0 Å². The van der Waals surface area contributed by atoms with Crippen molar-refractivity contribution in [3.63, 3.8) is 0 Å². The van der Waals surface area contributed by atoms with Crippen LogP contribution in [0.2, 0.25) is 0 Å². The van der Waals surface area contributed by atoms with Crippen molar-refractivity contribution in [1.82, 2.24) is 4.98 Å². The first kappa shape index (κ1) is 12.1. The minimum atomic E-state index is -0.654. The van der Waals surface area contributed by atoms with Gasteiger partial charge in [0.1, 0.15) is 0 Å². The number of hydrogen-bond donors (Lipinski definition) is 1. The summed E-state index contributed by atoms with van der Waals surface area (Å²) >= 11 is 0. The second kappa shape index (κ2) is 4.47. The van der Waals surface area contributed by atoms with Crippen molar-refractivity contribution < 1.29 is 9.90 Å². The van der Waals surface area contributed by atoms with Gasteiger partial charge in [-0.2, -0.15) is 0 Å². The van der Waals surface area contributed by atoms with E-state index in [0.29, 0.717) is 0 Å². The van der Waals surface area contributed by atoms with Crippen molar-refractivity contribution in [1.29, 1.82) is 0 Å². The van der Waals surface area contributed by atoms with Gasteiger partial charge in [0, 0.05) is 18.3 Å². The van der Waals surface area contributed by atoms with Crippen molar-refractivity contribution in [3.05, 3.63) is 30.1 Å². The molecular weight excluding hydrogens is 214 g/mol. The maximum Gasteiger partial charge on any atom is 0.310 e. The Morgan fingerprint density at radius 3 is 2.88 bits per heavy atom. The molecule has 1 aromatic heterocycles. The molecule has 1 aliphatic rings. The molecule has 0 aromatic carbocycles. The Hall–Kier alpha value is -1.38. The van der Waals surface area contributed by atoms with E-state index in [1.807, 2.05) is 32.2 Å². The maximum absolute atomic E-state index is 11.7. The first-order chi connectivity index (χ1) is 8.09. The van der Waals surface area contributed by atoms with Gasteiger partial charge in [0.25, 0.3) is 0 Å². The number of rotatable bonds is 3. The Morgan fingerprint density at radius 1 is 1.59 bits per heavy atom. The monoisotopic (exact) mass is 233 g/mol.